The Balaban J connectivity index is 1.67. The second kappa shape index (κ2) is 8.17. The number of hydrogen-bond acceptors (Lipinski definition) is 4. The van der Waals surface area contributed by atoms with Crippen LogP contribution in [0.3, 0.4) is 0 Å². The summed E-state index contributed by atoms with van der Waals surface area (Å²) in [7, 11) is 0. The number of esters is 1. The zero-order valence-corrected chi connectivity index (χ0v) is 13.7. The normalized spacial score (nSPS) is 16.8. The summed E-state index contributed by atoms with van der Waals surface area (Å²) < 4.78 is 4.87. The van der Waals surface area contributed by atoms with Crippen LogP contribution in [0.4, 0.5) is 0 Å². The lowest BCUT2D eigenvalue weighted by Gasteiger charge is -2.10. The summed E-state index contributed by atoms with van der Waals surface area (Å²) in [4.78, 5) is 34.2. The Morgan fingerprint density at radius 2 is 2.13 bits per heavy atom. The standard InChI is InChI=1S/C15H16Cl2N2O4/c16-10-2-1-9(11(17)7-10)5-6-18-14(21)8-23-15(22)12-3-4-13(20)19-12/h1-2,7,12H,3-6,8H2,(H,18,21)(H,19,20)/t12-/m1/s1. The Labute approximate surface area is 143 Å². The van der Waals surface area contributed by atoms with Gasteiger partial charge in [0, 0.05) is 23.0 Å². The van der Waals surface area contributed by atoms with Crippen molar-refractivity contribution in [1.82, 2.24) is 10.6 Å². The molecule has 1 aromatic carbocycles. The number of rotatable bonds is 6. The van der Waals surface area contributed by atoms with E-state index < -0.39 is 17.9 Å². The average Bonchev–Trinajstić information content (AvgIpc) is 2.93. The lowest BCUT2D eigenvalue weighted by Crippen LogP contribution is -2.37. The van der Waals surface area contributed by atoms with Gasteiger partial charge >= 0.3 is 5.97 Å². The van der Waals surface area contributed by atoms with E-state index >= 15 is 0 Å². The molecule has 0 aliphatic carbocycles. The molecule has 2 amide bonds. The molecule has 0 aromatic heterocycles. The molecule has 1 saturated heterocycles. The third kappa shape index (κ3) is 5.41. The highest BCUT2D eigenvalue weighted by Crippen LogP contribution is 2.21. The third-order valence-corrected chi connectivity index (χ3v) is 3.94. The van der Waals surface area contributed by atoms with E-state index in [-0.39, 0.29) is 12.5 Å². The van der Waals surface area contributed by atoms with Crippen molar-refractivity contribution in [2.45, 2.75) is 25.3 Å². The van der Waals surface area contributed by atoms with Crippen LogP contribution < -0.4 is 10.6 Å². The van der Waals surface area contributed by atoms with Gasteiger partial charge in [-0.25, -0.2) is 4.79 Å². The predicted octanol–water partition coefficient (Wildman–Crippen LogP) is 1.47. The number of amides is 2. The molecule has 0 unspecified atom stereocenters. The molecule has 1 aromatic rings. The van der Waals surface area contributed by atoms with Gasteiger partial charge in [0.1, 0.15) is 6.04 Å². The summed E-state index contributed by atoms with van der Waals surface area (Å²) in [6.45, 7) is -0.0164. The van der Waals surface area contributed by atoms with Gasteiger partial charge in [0.15, 0.2) is 6.61 Å². The highest BCUT2D eigenvalue weighted by molar-refractivity contribution is 6.35. The van der Waals surface area contributed by atoms with E-state index in [2.05, 4.69) is 10.6 Å². The molecule has 2 rings (SSSR count). The summed E-state index contributed by atoms with van der Waals surface area (Å²) in [5, 5.41) is 6.20. The van der Waals surface area contributed by atoms with E-state index in [0.717, 1.165) is 5.56 Å². The number of halogens is 2. The summed E-state index contributed by atoms with van der Waals surface area (Å²) >= 11 is 11.8. The third-order valence-electron chi connectivity index (χ3n) is 3.36. The second-order valence-electron chi connectivity index (χ2n) is 5.10. The Morgan fingerprint density at radius 1 is 1.35 bits per heavy atom. The zero-order chi connectivity index (χ0) is 16.8. The van der Waals surface area contributed by atoms with E-state index in [1.165, 1.54) is 0 Å². The lowest BCUT2D eigenvalue weighted by molar-refractivity contribution is -0.150. The summed E-state index contributed by atoms with van der Waals surface area (Å²) in [5.74, 6) is -1.18. The lowest BCUT2D eigenvalue weighted by atomic mass is 10.1. The molecular weight excluding hydrogens is 343 g/mol. The number of carbonyl (C=O) groups excluding carboxylic acids is 3. The van der Waals surface area contributed by atoms with Gasteiger partial charge in [-0.2, -0.15) is 0 Å². The number of hydrogen-bond donors (Lipinski definition) is 2. The quantitative estimate of drug-likeness (QED) is 0.754. The second-order valence-corrected chi connectivity index (χ2v) is 5.95. The van der Waals surface area contributed by atoms with Crippen molar-refractivity contribution in [1.29, 1.82) is 0 Å². The van der Waals surface area contributed by atoms with Crippen LogP contribution in [0.15, 0.2) is 18.2 Å². The van der Waals surface area contributed by atoms with E-state index in [1.807, 2.05) is 0 Å². The monoisotopic (exact) mass is 358 g/mol. The van der Waals surface area contributed by atoms with Crippen molar-refractivity contribution in [3.63, 3.8) is 0 Å². The minimum absolute atomic E-state index is 0.184. The van der Waals surface area contributed by atoms with Crippen LogP contribution in [0.25, 0.3) is 0 Å². The fraction of sp³-hybridized carbons (Fsp3) is 0.400. The molecule has 8 heteroatoms. The van der Waals surface area contributed by atoms with Crippen molar-refractivity contribution in [2.75, 3.05) is 13.2 Å². The molecule has 1 aliphatic rings. The highest BCUT2D eigenvalue weighted by Gasteiger charge is 2.28. The maximum absolute atomic E-state index is 11.6. The van der Waals surface area contributed by atoms with Gasteiger partial charge in [0.25, 0.3) is 5.91 Å². The Bertz CT molecular complexity index is 621. The van der Waals surface area contributed by atoms with Gasteiger partial charge in [0.05, 0.1) is 0 Å². The molecular formula is C15H16Cl2N2O4. The highest BCUT2D eigenvalue weighted by atomic mass is 35.5. The largest absolute Gasteiger partial charge is 0.454 e. The van der Waals surface area contributed by atoms with Crippen LogP contribution in [-0.4, -0.2) is 37.0 Å². The first-order chi connectivity index (χ1) is 11.0. The van der Waals surface area contributed by atoms with Crippen LogP contribution in [-0.2, 0) is 25.5 Å². The van der Waals surface area contributed by atoms with Crippen molar-refractivity contribution >= 4 is 41.0 Å². The van der Waals surface area contributed by atoms with Crippen molar-refractivity contribution in [3.05, 3.63) is 33.8 Å². The first-order valence-corrected chi connectivity index (χ1v) is 7.88. The number of ether oxygens (including phenoxy) is 1. The first kappa shape index (κ1) is 17.6. The minimum Gasteiger partial charge on any atom is -0.454 e. The van der Waals surface area contributed by atoms with Gasteiger partial charge < -0.3 is 15.4 Å². The van der Waals surface area contributed by atoms with Gasteiger partial charge in [0.2, 0.25) is 5.91 Å². The Hall–Kier alpha value is -1.79. The first-order valence-electron chi connectivity index (χ1n) is 7.12. The van der Waals surface area contributed by atoms with Crippen LogP contribution in [0.2, 0.25) is 10.0 Å². The van der Waals surface area contributed by atoms with E-state index in [1.54, 1.807) is 18.2 Å². The maximum atomic E-state index is 11.6. The van der Waals surface area contributed by atoms with Gasteiger partial charge in [-0.3, -0.25) is 9.59 Å². The van der Waals surface area contributed by atoms with Crippen molar-refractivity contribution < 1.29 is 19.1 Å². The molecule has 2 N–H and O–H groups in total. The molecule has 1 atom stereocenters. The maximum Gasteiger partial charge on any atom is 0.329 e. The Morgan fingerprint density at radius 3 is 2.78 bits per heavy atom. The van der Waals surface area contributed by atoms with Crippen molar-refractivity contribution in [3.8, 4) is 0 Å². The predicted molar refractivity (Wildman–Crippen MR) is 85.3 cm³/mol. The van der Waals surface area contributed by atoms with Gasteiger partial charge in [-0.15, -0.1) is 0 Å². The van der Waals surface area contributed by atoms with E-state index in [0.29, 0.717) is 35.9 Å². The molecule has 0 bridgehead atoms. The summed E-state index contributed by atoms with van der Waals surface area (Å²) in [6.07, 6.45) is 1.23. The molecule has 1 fully saturated rings. The molecule has 1 heterocycles. The molecule has 0 saturated carbocycles. The van der Waals surface area contributed by atoms with E-state index in [9.17, 15) is 14.4 Å². The average molecular weight is 359 g/mol. The Kier molecular flexibility index (Phi) is 6.24. The molecule has 0 radical (unpaired) electrons. The van der Waals surface area contributed by atoms with Gasteiger partial charge in [-0.1, -0.05) is 29.3 Å². The number of nitrogens with one attached hydrogen (secondary N) is 2. The fourth-order valence-electron chi connectivity index (χ4n) is 2.14. The molecule has 23 heavy (non-hydrogen) atoms. The van der Waals surface area contributed by atoms with Crippen LogP contribution >= 0.6 is 23.2 Å². The minimum atomic E-state index is -0.650. The van der Waals surface area contributed by atoms with Crippen LogP contribution in [0, 0.1) is 0 Å². The number of benzene rings is 1. The molecule has 6 nitrogen and oxygen atoms in total. The molecule has 1 aliphatic heterocycles. The molecule has 124 valence electrons. The van der Waals surface area contributed by atoms with Gasteiger partial charge in [-0.05, 0) is 30.5 Å². The van der Waals surface area contributed by atoms with Crippen molar-refractivity contribution in [2.24, 2.45) is 0 Å². The SMILES string of the molecule is O=C(COC(=O)[C@H]1CCC(=O)N1)NCCc1ccc(Cl)cc1Cl. The fourth-order valence-corrected chi connectivity index (χ4v) is 2.64. The topological polar surface area (TPSA) is 84.5 Å². The molecule has 0 spiro atoms. The van der Waals surface area contributed by atoms with E-state index in [4.69, 9.17) is 27.9 Å². The zero-order valence-electron chi connectivity index (χ0n) is 12.2. The summed E-state index contributed by atoms with van der Waals surface area (Å²) in [5.41, 5.74) is 0.863. The number of carbonyl (C=O) groups is 3. The van der Waals surface area contributed by atoms with Crippen LogP contribution in [0.5, 0.6) is 0 Å². The smallest absolute Gasteiger partial charge is 0.329 e. The van der Waals surface area contributed by atoms with Crippen LogP contribution in [0.1, 0.15) is 18.4 Å². The summed E-state index contributed by atoms with van der Waals surface area (Å²) in [6, 6.07) is 4.50.